The van der Waals surface area contributed by atoms with Crippen molar-refractivity contribution in [3.8, 4) is 16.9 Å². The molecule has 6 nitrogen and oxygen atoms in total. The van der Waals surface area contributed by atoms with Crippen LogP contribution < -0.4 is 10.5 Å². The summed E-state index contributed by atoms with van der Waals surface area (Å²) in [6, 6.07) is 14.8. The number of nitrogens with two attached hydrogens (primary N) is 1. The highest BCUT2D eigenvalue weighted by atomic mass is 19.1. The van der Waals surface area contributed by atoms with Crippen LogP contribution in [-0.2, 0) is 4.79 Å². The number of ether oxygens (including phenoxy) is 1. The first kappa shape index (κ1) is 26.1. The number of primary amides is 1. The quantitative estimate of drug-likeness (QED) is 0.577. The van der Waals surface area contributed by atoms with Crippen LogP contribution in [0.15, 0.2) is 48.5 Å². The summed E-state index contributed by atoms with van der Waals surface area (Å²) in [4.78, 5) is 29.2. The number of carbonyl (C=O) groups excluding carboxylic acids is 2. The van der Waals surface area contributed by atoms with E-state index in [9.17, 15) is 14.0 Å². The number of hydrogen-bond donors (Lipinski definition) is 1. The third-order valence-electron chi connectivity index (χ3n) is 7.21. The molecule has 2 aliphatic heterocycles. The molecule has 0 aliphatic carbocycles. The number of benzene rings is 2. The van der Waals surface area contributed by atoms with Crippen LogP contribution in [0.4, 0.5) is 4.39 Å². The second kappa shape index (κ2) is 11.4. The van der Waals surface area contributed by atoms with Crippen LogP contribution in [-0.4, -0.2) is 66.1 Å². The number of nitrogens with zero attached hydrogens (tertiary/aromatic N) is 2. The number of piperidine rings is 2. The van der Waals surface area contributed by atoms with E-state index in [0.29, 0.717) is 37.6 Å². The molecule has 36 heavy (non-hydrogen) atoms. The first-order valence-electron chi connectivity index (χ1n) is 13.0. The van der Waals surface area contributed by atoms with Crippen molar-refractivity contribution in [1.29, 1.82) is 0 Å². The van der Waals surface area contributed by atoms with Gasteiger partial charge in [0.15, 0.2) is 0 Å². The lowest BCUT2D eigenvalue weighted by Gasteiger charge is -2.34. The van der Waals surface area contributed by atoms with Gasteiger partial charge in [-0.05, 0) is 94.3 Å². The van der Waals surface area contributed by atoms with Gasteiger partial charge in [-0.3, -0.25) is 9.59 Å². The molecule has 1 unspecified atom stereocenters. The molecule has 7 heteroatoms. The molecule has 2 N–H and O–H groups in total. The average Bonchev–Trinajstić information content (AvgIpc) is 2.87. The van der Waals surface area contributed by atoms with Crippen molar-refractivity contribution < 1.29 is 18.7 Å². The van der Waals surface area contributed by atoms with E-state index in [2.05, 4.69) is 4.90 Å². The van der Waals surface area contributed by atoms with Crippen molar-refractivity contribution in [1.82, 2.24) is 9.80 Å². The Morgan fingerprint density at radius 2 is 1.69 bits per heavy atom. The highest BCUT2D eigenvalue weighted by molar-refractivity contribution is 6.02. The minimum Gasteiger partial charge on any atom is -0.493 e. The van der Waals surface area contributed by atoms with E-state index >= 15 is 0 Å². The van der Waals surface area contributed by atoms with Gasteiger partial charge in [0.2, 0.25) is 5.91 Å². The molecule has 194 valence electrons. The summed E-state index contributed by atoms with van der Waals surface area (Å²) in [6.07, 6.45) is 4.40. The zero-order valence-electron chi connectivity index (χ0n) is 21.4. The normalized spacial score (nSPS) is 19.8. The van der Waals surface area contributed by atoms with E-state index in [0.717, 1.165) is 55.6 Å². The molecule has 0 saturated carbocycles. The second-order valence-corrected chi connectivity index (χ2v) is 10.7. The van der Waals surface area contributed by atoms with Crippen LogP contribution in [0.2, 0.25) is 0 Å². The van der Waals surface area contributed by atoms with Crippen LogP contribution >= 0.6 is 0 Å². The molecule has 1 atom stereocenters. The molecule has 2 aromatic carbocycles. The maximum Gasteiger partial charge on any atom is 0.255 e. The Hall–Kier alpha value is -2.93. The number of amides is 2. The van der Waals surface area contributed by atoms with Crippen molar-refractivity contribution in [3.63, 3.8) is 0 Å². The third kappa shape index (κ3) is 6.64. The number of rotatable bonds is 8. The van der Waals surface area contributed by atoms with Crippen molar-refractivity contribution in [2.45, 2.75) is 57.7 Å². The fraction of sp³-hybridized carbons (Fsp3) is 0.517. The summed E-state index contributed by atoms with van der Waals surface area (Å²) in [5, 5.41) is 0. The van der Waals surface area contributed by atoms with E-state index in [1.165, 1.54) is 0 Å². The lowest BCUT2D eigenvalue weighted by molar-refractivity contribution is -0.123. The molecule has 2 aromatic rings. The van der Waals surface area contributed by atoms with E-state index in [-0.39, 0.29) is 5.91 Å². The van der Waals surface area contributed by atoms with E-state index in [1.807, 2.05) is 48.5 Å². The SMILES string of the molecule is CC(C)(F)CN1CCC(COc2ccc(-c3ccccc3C(=O)N3CCCCC3C(N)=O)cc2)CC1. The third-order valence-corrected chi connectivity index (χ3v) is 7.21. The molecule has 0 aromatic heterocycles. The van der Waals surface area contributed by atoms with Gasteiger partial charge in [0.1, 0.15) is 17.5 Å². The van der Waals surface area contributed by atoms with Gasteiger partial charge in [0, 0.05) is 18.7 Å². The molecule has 2 heterocycles. The summed E-state index contributed by atoms with van der Waals surface area (Å²) in [5.74, 6) is 0.653. The highest BCUT2D eigenvalue weighted by Gasteiger charge is 2.32. The maximum absolute atomic E-state index is 13.9. The highest BCUT2D eigenvalue weighted by Crippen LogP contribution is 2.29. The number of likely N-dealkylation sites (tertiary alicyclic amines) is 2. The standard InChI is InChI=1S/C29H38FN3O3/c1-29(2,30)20-32-17-14-21(15-18-32)19-36-23-12-10-22(11-13-23)24-7-3-4-8-25(24)28(35)33-16-6-5-9-26(33)27(31)34/h3-4,7-8,10-13,21,26H,5-6,9,14-20H2,1-2H3,(H2,31,34). The van der Waals surface area contributed by atoms with Gasteiger partial charge >= 0.3 is 0 Å². The van der Waals surface area contributed by atoms with Crippen molar-refractivity contribution in [3.05, 3.63) is 54.1 Å². The number of alkyl halides is 1. The number of halogens is 1. The maximum atomic E-state index is 13.9. The van der Waals surface area contributed by atoms with Crippen molar-refractivity contribution >= 4 is 11.8 Å². The fourth-order valence-corrected chi connectivity index (χ4v) is 5.33. The minimum absolute atomic E-state index is 0.156. The predicted molar refractivity (Wildman–Crippen MR) is 140 cm³/mol. The summed E-state index contributed by atoms with van der Waals surface area (Å²) in [7, 11) is 0. The molecule has 4 rings (SSSR count). The van der Waals surface area contributed by atoms with E-state index in [1.54, 1.807) is 18.7 Å². The van der Waals surface area contributed by atoms with Gasteiger partial charge < -0.3 is 20.3 Å². The summed E-state index contributed by atoms with van der Waals surface area (Å²) in [6.45, 7) is 6.73. The van der Waals surface area contributed by atoms with E-state index in [4.69, 9.17) is 10.5 Å². The van der Waals surface area contributed by atoms with Gasteiger partial charge in [0.05, 0.1) is 6.61 Å². The van der Waals surface area contributed by atoms with E-state index < -0.39 is 17.6 Å². The molecule has 2 fully saturated rings. The van der Waals surface area contributed by atoms with Crippen LogP contribution in [0.1, 0.15) is 56.3 Å². The van der Waals surface area contributed by atoms with Crippen LogP contribution in [0.25, 0.3) is 11.1 Å². The van der Waals surface area contributed by atoms with Crippen LogP contribution in [0, 0.1) is 5.92 Å². The fourth-order valence-electron chi connectivity index (χ4n) is 5.33. The summed E-state index contributed by atoms with van der Waals surface area (Å²) >= 11 is 0. The van der Waals surface area contributed by atoms with Crippen molar-refractivity contribution in [2.75, 3.05) is 32.8 Å². The molecule has 2 saturated heterocycles. The molecule has 0 bridgehead atoms. The molecule has 2 aliphatic rings. The Balaban J connectivity index is 1.38. The van der Waals surface area contributed by atoms with Gasteiger partial charge in [-0.1, -0.05) is 30.3 Å². The molecular weight excluding hydrogens is 457 g/mol. The van der Waals surface area contributed by atoms with Crippen LogP contribution in [0.5, 0.6) is 5.75 Å². The van der Waals surface area contributed by atoms with Gasteiger partial charge in [-0.15, -0.1) is 0 Å². The van der Waals surface area contributed by atoms with Gasteiger partial charge in [0.25, 0.3) is 5.91 Å². The Bertz CT molecular complexity index is 1040. The summed E-state index contributed by atoms with van der Waals surface area (Å²) in [5.41, 5.74) is 6.74. The predicted octanol–water partition coefficient (Wildman–Crippen LogP) is 4.67. The van der Waals surface area contributed by atoms with Crippen LogP contribution in [0.3, 0.4) is 0 Å². The lowest BCUT2D eigenvalue weighted by atomic mass is 9.95. The van der Waals surface area contributed by atoms with Gasteiger partial charge in [-0.2, -0.15) is 0 Å². The molecule has 0 spiro atoms. The zero-order chi connectivity index (χ0) is 25.7. The minimum atomic E-state index is -1.16. The first-order chi connectivity index (χ1) is 17.2. The van der Waals surface area contributed by atoms with Gasteiger partial charge in [-0.25, -0.2) is 4.39 Å². The number of hydrogen-bond acceptors (Lipinski definition) is 4. The number of carbonyl (C=O) groups is 2. The average molecular weight is 496 g/mol. The Kier molecular flexibility index (Phi) is 8.29. The first-order valence-corrected chi connectivity index (χ1v) is 13.0. The largest absolute Gasteiger partial charge is 0.493 e. The zero-order valence-corrected chi connectivity index (χ0v) is 21.4. The Labute approximate surface area is 213 Å². The lowest BCUT2D eigenvalue weighted by Crippen LogP contribution is -2.50. The summed E-state index contributed by atoms with van der Waals surface area (Å²) < 4.78 is 20.0. The van der Waals surface area contributed by atoms with Crippen molar-refractivity contribution in [2.24, 2.45) is 11.7 Å². The Morgan fingerprint density at radius 3 is 2.36 bits per heavy atom. The monoisotopic (exact) mass is 495 g/mol. The smallest absolute Gasteiger partial charge is 0.255 e. The second-order valence-electron chi connectivity index (χ2n) is 10.7. The Morgan fingerprint density at radius 1 is 1.00 bits per heavy atom. The molecular formula is C29H38FN3O3. The molecule has 2 amide bonds. The topological polar surface area (TPSA) is 75.9 Å². The molecule has 0 radical (unpaired) electrons.